The normalized spacial score (nSPS) is 11.1. The molecule has 136 valence electrons. The number of aromatic amines is 1. The molecule has 0 bridgehead atoms. The molecule has 0 saturated carbocycles. The number of aromatic nitrogens is 1. The summed E-state index contributed by atoms with van der Waals surface area (Å²) in [6.07, 6.45) is 2.80. The second-order valence-electron chi connectivity index (χ2n) is 6.44. The Bertz CT molecular complexity index is 934. The summed E-state index contributed by atoms with van der Waals surface area (Å²) in [4.78, 5) is 17.0. The standard InChI is InChI=1S/C20H21FN2O3/c1-23(2)10-9-14-12-22-16-5-4-6-18(19(14)16)26-20(24)13-7-8-17(25-3)15(21)11-13/h4-8,11-12,22H,9-10H2,1-3H3/p+1. The number of methoxy groups -OCH3 is 1. The van der Waals surface area contributed by atoms with Gasteiger partial charge in [-0.25, -0.2) is 9.18 Å². The maximum atomic E-state index is 13.9. The molecule has 0 aliphatic carbocycles. The Hall–Kier alpha value is -2.86. The smallest absolute Gasteiger partial charge is 0.343 e. The van der Waals surface area contributed by atoms with Gasteiger partial charge >= 0.3 is 5.97 Å². The Labute approximate surface area is 151 Å². The van der Waals surface area contributed by atoms with Crippen LogP contribution in [-0.4, -0.2) is 38.7 Å². The van der Waals surface area contributed by atoms with E-state index in [2.05, 4.69) is 19.1 Å². The van der Waals surface area contributed by atoms with Gasteiger partial charge < -0.3 is 19.4 Å². The number of hydrogen-bond donors (Lipinski definition) is 2. The van der Waals surface area contributed by atoms with Gasteiger partial charge in [-0.2, -0.15) is 0 Å². The molecular weight excluding hydrogens is 335 g/mol. The van der Waals surface area contributed by atoms with E-state index in [1.54, 1.807) is 6.07 Å². The number of fused-ring (bicyclic) bond motifs is 1. The summed E-state index contributed by atoms with van der Waals surface area (Å²) in [7, 11) is 5.56. The van der Waals surface area contributed by atoms with Crippen molar-refractivity contribution >= 4 is 16.9 Å². The van der Waals surface area contributed by atoms with Crippen molar-refractivity contribution in [2.24, 2.45) is 0 Å². The van der Waals surface area contributed by atoms with Crippen molar-refractivity contribution in [3.63, 3.8) is 0 Å². The zero-order valence-corrected chi connectivity index (χ0v) is 15.1. The van der Waals surface area contributed by atoms with Crippen molar-refractivity contribution in [2.45, 2.75) is 6.42 Å². The van der Waals surface area contributed by atoms with Gasteiger partial charge in [-0.1, -0.05) is 6.07 Å². The predicted molar refractivity (Wildman–Crippen MR) is 97.6 cm³/mol. The van der Waals surface area contributed by atoms with E-state index >= 15 is 0 Å². The third-order valence-electron chi connectivity index (χ3n) is 4.23. The van der Waals surface area contributed by atoms with Crippen LogP contribution in [-0.2, 0) is 6.42 Å². The predicted octanol–water partition coefficient (Wildman–Crippen LogP) is 2.22. The second kappa shape index (κ2) is 7.58. The third kappa shape index (κ3) is 3.70. The van der Waals surface area contributed by atoms with Crippen LogP contribution in [0.4, 0.5) is 4.39 Å². The molecule has 26 heavy (non-hydrogen) atoms. The summed E-state index contributed by atoms with van der Waals surface area (Å²) in [5.74, 6) is -0.655. The lowest BCUT2D eigenvalue weighted by atomic mass is 10.1. The van der Waals surface area contributed by atoms with Crippen LogP contribution in [0.1, 0.15) is 15.9 Å². The number of carbonyl (C=O) groups excluding carboxylic acids is 1. The Balaban J connectivity index is 1.89. The highest BCUT2D eigenvalue weighted by molar-refractivity contribution is 5.96. The molecule has 0 saturated heterocycles. The fourth-order valence-corrected chi connectivity index (χ4v) is 2.84. The number of H-pyrrole nitrogens is 1. The van der Waals surface area contributed by atoms with Gasteiger partial charge in [0.2, 0.25) is 0 Å². The molecule has 0 atom stereocenters. The first kappa shape index (κ1) is 17.9. The van der Waals surface area contributed by atoms with E-state index in [1.807, 2.05) is 18.3 Å². The highest BCUT2D eigenvalue weighted by Crippen LogP contribution is 2.30. The zero-order valence-electron chi connectivity index (χ0n) is 15.1. The van der Waals surface area contributed by atoms with Crippen LogP contribution in [0.2, 0.25) is 0 Å². The number of halogens is 1. The van der Waals surface area contributed by atoms with Gasteiger partial charge in [0.05, 0.1) is 33.3 Å². The molecule has 0 aliphatic heterocycles. The van der Waals surface area contributed by atoms with Crippen molar-refractivity contribution in [2.75, 3.05) is 27.7 Å². The van der Waals surface area contributed by atoms with E-state index in [1.165, 1.54) is 24.1 Å². The summed E-state index contributed by atoms with van der Waals surface area (Å²) in [5, 5.41) is 0.885. The minimum Gasteiger partial charge on any atom is -0.494 e. The first-order valence-corrected chi connectivity index (χ1v) is 8.43. The van der Waals surface area contributed by atoms with Gasteiger partial charge in [-0.05, 0) is 35.9 Å². The number of hydrogen-bond acceptors (Lipinski definition) is 3. The average molecular weight is 357 g/mol. The van der Waals surface area contributed by atoms with E-state index in [9.17, 15) is 9.18 Å². The summed E-state index contributed by atoms with van der Waals surface area (Å²) < 4.78 is 24.3. The minimum atomic E-state index is -0.607. The van der Waals surface area contributed by atoms with Crippen molar-refractivity contribution < 1.29 is 23.6 Å². The van der Waals surface area contributed by atoms with Gasteiger partial charge in [-0.15, -0.1) is 0 Å². The third-order valence-corrected chi connectivity index (χ3v) is 4.23. The number of nitrogens with one attached hydrogen (secondary N) is 2. The highest BCUT2D eigenvalue weighted by Gasteiger charge is 2.16. The largest absolute Gasteiger partial charge is 0.494 e. The Morgan fingerprint density at radius 1 is 1.19 bits per heavy atom. The van der Waals surface area contributed by atoms with Crippen molar-refractivity contribution in [1.29, 1.82) is 0 Å². The van der Waals surface area contributed by atoms with Crippen LogP contribution in [0.25, 0.3) is 10.9 Å². The van der Waals surface area contributed by atoms with Gasteiger partial charge in [-0.3, -0.25) is 0 Å². The quantitative estimate of drug-likeness (QED) is 0.525. The highest BCUT2D eigenvalue weighted by atomic mass is 19.1. The van der Waals surface area contributed by atoms with Gasteiger partial charge in [0.15, 0.2) is 11.6 Å². The van der Waals surface area contributed by atoms with Crippen molar-refractivity contribution in [3.8, 4) is 11.5 Å². The number of carbonyl (C=O) groups is 1. The molecular formula is C20H22FN2O3+. The first-order chi connectivity index (χ1) is 12.5. The summed E-state index contributed by atoms with van der Waals surface area (Å²) >= 11 is 0. The zero-order chi connectivity index (χ0) is 18.7. The fourth-order valence-electron chi connectivity index (χ4n) is 2.84. The van der Waals surface area contributed by atoms with E-state index in [4.69, 9.17) is 9.47 Å². The Morgan fingerprint density at radius 2 is 2.00 bits per heavy atom. The second-order valence-corrected chi connectivity index (χ2v) is 6.44. The van der Waals surface area contributed by atoms with Crippen LogP contribution < -0.4 is 14.4 Å². The Kier molecular flexibility index (Phi) is 5.23. The molecule has 2 aromatic carbocycles. The SMILES string of the molecule is COc1ccc(C(=O)Oc2cccc3[nH]cc(CC[NH+](C)C)c23)cc1F. The van der Waals surface area contributed by atoms with Crippen molar-refractivity contribution in [1.82, 2.24) is 4.98 Å². The monoisotopic (exact) mass is 357 g/mol. The van der Waals surface area contributed by atoms with Gasteiger partial charge in [0.1, 0.15) is 5.75 Å². The molecule has 3 rings (SSSR count). The maximum Gasteiger partial charge on any atom is 0.343 e. The van der Waals surface area contributed by atoms with Gasteiger partial charge in [0, 0.05) is 23.5 Å². The van der Waals surface area contributed by atoms with Crippen LogP contribution in [0.15, 0.2) is 42.6 Å². The molecule has 0 radical (unpaired) electrons. The average Bonchev–Trinajstić information content (AvgIpc) is 3.04. The minimum absolute atomic E-state index is 0.0859. The molecule has 0 amide bonds. The van der Waals surface area contributed by atoms with Gasteiger partial charge in [0.25, 0.3) is 0 Å². The number of rotatable bonds is 6. The summed E-state index contributed by atoms with van der Waals surface area (Å²) in [5.41, 5.74) is 2.13. The molecule has 0 fully saturated rings. The number of ether oxygens (including phenoxy) is 2. The van der Waals surface area contributed by atoms with Crippen LogP contribution >= 0.6 is 0 Å². The molecule has 0 unspecified atom stereocenters. The number of benzene rings is 2. The lowest BCUT2D eigenvalue weighted by Gasteiger charge is -2.10. The molecule has 3 aromatic rings. The fraction of sp³-hybridized carbons (Fsp3) is 0.250. The maximum absolute atomic E-state index is 13.9. The molecule has 2 N–H and O–H groups in total. The van der Waals surface area contributed by atoms with E-state index in [0.29, 0.717) is 5.75 Å². The lowest BCUT2D eigenvalue weighted by molar-refractivity contribution is -0.858. The summed E-state index contributed by atoms with van der Waals surface area (Å²) in [6.45, 7) is 0.957. The Morgan fingerprint density at radius 3 is 2.69 bits per heavy atom. The lowest BCUT2D eigenvalue weighted by Crippen LogP contribution is -3.05. The molecule has 0 aliphatic rings. The van der Waals surface area contributed by atoms with Crippen LogP contribution in [0, 0.1) is 5.82 Å². The molecule has 0 spiro atoms. The number of esters is 1. The number of quaternary nitrogens is 1. The first-order valence-electron chi connectivity index (χ1n) is 8.43. The molecule has 1 aromatic heterocycles. The molecule has 5 nitrogen and oxygen atoms in total. The van der Waals surface area contributed by atoms with E-state index in [-0.39, 0.29) is 11.3 Å². The summed E-state index contributed by atoms with van der Waals surface area (Å²) in [6, 6.07) is 9.52. The molecule has 6 heteroatoms. The van der Waals surface area contributed by atoms with E-state index < -0.39 is 11.8 Å². The van der Waals surface area contributed by atoms with Crippen molar-refractivity contribution in [3.05, 3.63) is 59.5 Å². The van der Waals surface area contributed by atoms with E-state index in [0.717, 1.165) is 35.5 Å². The molecule has 1 heterocycles. The topological polar surface area (TPSA) is 55.8 Å². The van der Waals surface area contributed by atoms with Crippen LogP contribution in [0.5, 0.6) is 11.5 Å². The van der Waals surface area contributed by atoms with Crippen LogP contribution in [0.3, 0.4) is 0 Å². The number of likely N-dealkylation sites (N-methyl/N-ethyl adjacent to an activating group) is 1.